The number of nitrogens with zero attached hydrogens (tertiary/aromatic N) is 4. The van der Waals surface area contributed by atoms with Crippen LogP contribution in [0.2, 0.25) is 0 Å². The van der Waals surface area contributed by atoms with Crippen LogP contribution in [0, 0.1) is 10.1 Å². The van der Waals surface area contributed by atoms with Crippen LogP contribution in [0.4, 0.5) is 5.69 Å². The number of fused-ring (bicyclic) bond motifs is 2. The lowest BCUT2D eigenvalue weighted by Crippen LogP contribution is -2.20. The van der Waals surface area contributed by atoms with E-state index in [1.807, 2.05) is 0 Å². The summed E-state index contributed by atoms with van der Waals surface area (Å²) in [6, 6.07) is 16.8. The minimum absolute atomic E-state index is 0.0228. The highest BCUT2D eigenvalue weighted by atomic mass is 16.6. The lowest BCUT2D eigenvalue weighted by molar-refractivity contribution is -0.385. The Kier molecular flexibility index (Phi) is 7.27. The zero-order valence-corrected chi connectivity index (χ0v) is 21.7. The Balaban J connectivity index is 1.69. The second-order valence-corrected chi connectivity index (χ2v) is 8.45. The van der Waals surface area contributed by atoms with Gasteiger partial charge >= 0.3 is 5.69 Å². The molecule has 0 unspecified atom stereocenters. The first-order chi connectivity index (χ1) is 19.4. The molecule has 0 radical (unpaired) electrons. The number of ether oxygens (including phenoxy) is 3. The van der Waals surface area contributed by atoms with Crippen molar-refractivity contribution in [3.8, 4) is 28.8 Å². The first-order valence-corrected chi connectivity index (χ1v) is 12.3. The third kappa shape index (κ3) is 4.87. The second-order valence-electron chi connectivity index (χ2n) is 8.45. The Morgan fingerprint density at radius 1 is 1.10 bits per heavy atom. The minimum atomic E-state index is -0.574. The SMILES string of the molecule is C=CCOc1c(OCC)cc(C=Nn2c(-c3cc4c(OC)cccc4o3)nc3ccccc3c2=O)cc1[N+](=O)[O-]. The number of nitro groups is 1. The van der Waals surface area contributed by atoms with Gasteiger partial charge in [0.1, 0.15) is 17.9 Å². The fraction of sp³-hybridized carbons (Fsp3) is 0.138. The molecule has 2 aromatic heterocycles. The van der Waals surface area contributed by atoms with Crippen LogP contribution in [0.5, 0.6) is 17.2 Å². The van der Waals surface area contributed by atoms with E-state index in [2.05, 4.69) is 16.7 Å². The van der Waals surface area contributed by atoms with Gasteiger partial charge < -0.3 is 18.6 Å². The van der Waals surface area contributed by atoms with E-state index in [0.29, 0.717) is 33.2 Å². The van der Waals surface area contributed by atoms with Gasteiger partial charge in [0.15, 0.2) is 11.5 Å². The number of methoxy groups -OCH3 is 1. The topological polar surface area (TPSA) is 131 Å². The minimum Gasteiger partial charge on any atom is -0.496 e. The molecule has 0 aliphatic heterocycles. The Morgan fingerprint density at radius 3 is 2.67 bits per heavy atom. The summed E-state index contributed by atoms with van der Waals surface area (Å²) in [4.78, 5) is 29.5. The van der Waals surface area contributed by atoms with Gasteiger partial charge in [0.25, 0.3) is 5.56 Å². The molecule has 0 fully saturated rings. The molecule has 5 rings (SSSR count). The normalized spacial score (nSPS) is 11.2. The highest BCUT2D eigenvalue weighted by Crippen LogP contribution is 2.38. The third-order valence-corrected chi connectivity index (χ3v) is 5.94. The summed E-state index contributed by atoms with van der Waals surface area (Å²) < 4.78 is 23.7. The number of benzene rings is 3. The average Bonchev–Trinajstić information content (AvgIpc) is 3.40. The molecule has 11 nitrogen and oxygen atoms in total. The number of hydrogen-bond acceptors (Lipinski definition) is 9. The van der Waals surface area contributed by atoms with Gasteiger partial charge in [-0.05, 0) is 43.3 Å². The molecule has 11 heteroatoms. The molecular formula is C29H24N4O7. The molecule has 0 N–H and O–H groups in total. The van der Waals surface area contributed by atoms with E-state index in [0.717, 1.165) is 4.68 Å². The van der Waals surface area contributed by atoms with E-state index in [9.17, 15) is 14.9 Å². The van der Waals surface area contributed by atoms with E-state index in [1.165, 1.54) is 18.4 Å². The van der Waals surface area contributed by atoms with Crippen LogP contribution in [0.1, 0.15) is 12.5 Å². The molecule has 3 aromatic carbocycles. The van der Waals surface area contributed by atoms with Crippen LogP contribution in [-0.2, 0) is 0 Å². The second kappa shape index (κ2) is 11.1. The van der Waals surface area contributed by atoms with Crippen LogP contribution < -0.4 is 19.8 Å². The van der Waals surface area contributed by atoms with Crippen molar-refractivity contribution < 1.29 is 23.6 Å². The Labute approximate surface area is 227 Å². The molecule has 0 atom stereocenters. The number of para-hydroxylation sites is 1. The molecule has 40 heavy (non-hydrogen) atoms. The summed E-state index contributed by atoms with van der Waals surface area (Å²) >= 11 is 0. The van der Waals surface area contributed by atoms with Crippen LogP contribution in [0.25, 0.3) is 33.5 Å². The summed E-state index contributed by atoms with van der Waals surface area (Å²) in [6.07, 6.45) is 2.79. The highest BCUT2D eigenvalue weighted by Gasteiger charge is 2.23. The Hall–Kier alpha value is -5.45. The Morgan fingerprint density at radius 2 is 1.93 bits per heavy atom. The van der Waals surface area contributed by atoms with E-state index in [-0.39, 0.29) is 42.0 Å². The van der Waals surface area contributed by atoms with E-state index in [1.54, 1.807) is 68.6 Å². The van der Waals surface area contributed by atoms with E-state index < -0.39 is 10.5 Å². The molecule has 0 aliphatic carbocycles. The molecule has 5 aromatic rings. The number of hydrogen-bond donors (Lipinski definition) is 0. The predicted molar refractivity (Wildman–Crippen MR) is 151 cm³/mol. The molecular weight excluding hydrogens is 516 g/mol. The maximum Gasteiger partial charge on any atom is 0.315 e. The smallest absolute Gasteiger partial charge is 0.315 e. The first kappa shape index (κ1) is 26.2. The van der Waals surface area contributed by atoms with Gasteiger partial charge in [0.05, 0.1) is 41.1 Å². The van der Waals surface area contributed by atoms with Gasteiger partial charge in [-0.1, -0.05) is 30.9 Å². The van der Waals surface area contributed by atoms with Crippen molar-refractivity contribution in [3.63, 3.8) is 0 Å². The van der Waals surface area contributed by atoms with Crippen LogP contribution in [0.15, 0.2) is 87.6 Å². The first-order valence-electron chi connectivity index (χ1n) is 12.3. The summed E-state index contributed by atoms with van der Waals surface area (Å²) in [5, 5.41) is 17.3. The molecule has 0 spiro atoms. The van der Waals surface area contributed by atoms with Crippen molar-refractivity contribution in [1.29, 1.82) is 0 Å². The van der Waals surface area contributed by atoms with Gasteiger partial charge in [0, 0.05) is 11.6 Å². The third-order valence-electron chi connectivity index (χ3n) is 5.94. The van der Waals surface area contributed by atoms with Crippen LogP contribution in [-0.4, -0.2) is 41.1 Å². The highest BCUT2D eigenvalue weighted by molar-refractivity contribution is 5.89. The summed E-state index contributed by atoms with van der Waals surface area (Å²) in [7, 11) is 1.55. The largest absolute Gasteiger partial charge is 0.496 e. The predicted octanol–water partition coefficient (Wildman–Crippen LogP) is 5.57. The average molecular weight is 541 g/mol. The van der Waals surface area contributed by atoms with Crippen molar-refractivity contribution in [2.75, 3.05) is 20.3 Å². The molecule has 0 bridgehead atoms. The van der Waals surface area contributed by atoms with Gasteiger partial charge in [-0.15, -0.1) is 0 Å². The number of furan rings is 1. The molecule has 0 aliphatic rings. The molecule has 202 valence electrons. The van der Waals surface area contributed by atoms with Crippen LogP contribution >= 0.6 is 0 Å². The summed E-state index contributed by atoms with van der Waals surface area (Å²) in [5.74, 6) is 1.16. The lowest BCUT2D eigenvalue weighted by atomic mass is 10.2. The molecule has 2 heterocycles. The summed E-state index contributed by atoms with van der Waals surface area (Å²) in [6.45, 7) is 5.63. The number of nitro benzene ring substituents is 1. The zero-order chi connectivity index (χ0) is 28.2. The van der Waals surface area contributed by atoms with E-state index >= 15 is 0 Å². The fourth-order valence-electron chi connectivity index (χ4n) is 4.21. The fourth-order valence-corrected chi connectivity index (χ4v) is 4.21. The standard InChI is InChI=1S/C29H24N4O7/c1-4-13-39-27-22(33(35)36)14-18(15-25(27)38-5-2)17-30-32-28(31-21-10-7-6-9-19(21)29(32)34)26-16-20-23(37-3)11-8-12-24(20)40-26/h4,6-12,14-17H,1,5,13H2,2-3H3. The number of aromatic nitrogens is 2. The summed E-state index contributed by atoms with van der Waals surface area (Å²) in [5.41, 5.74) is 0.537. The van der Waals surface area contributed by atoms with E-state index in [4.69, 9.17) is 18.6 Å². The molecule has 0 saturated heterocycles. The monoisotopic (exact) mass is 540 g/mol. The van der Waals surface area contributed by atoms with Gasteiger partial charge in [-0.25, -0.2) is 4.98 Å². The maximum atomic E-state index is 13.6. The van der Waals surface area contributed by atoms with Crippen molar-refractivity contribution in [1.82, 2.24) is 9.66 Å². The van der Waals surface area contributed by atoms with Gasteiger partial charge in [-0.2, -0.15) is 9.78 Å². The van der Waals surface area contributed by atoms with Crippen LogP contribution in [0.3, 0.4) is 0 Å². The molecule has 0 amide bonds. The number of rotatable bonds is 10. The van der Waals surface area contributed by atoms with Gasteiger partial charge in [0.2, 0.25) is 11.6 Å². The van der Waals surface area contributed by atoms with Crippen molar-refractivity contribution in [2.45, 2.75) is 6.92 Å². The van der Waals surface area contributed by atoms with Crippen molar-refractivity contribution in [3.05, 3.63) is 99.4 Å². The maximum absolute atomic E-state index is 13.6. The Bertz CT molecular complexity index is 1840. The van der Waals surface area contributed by atoms with Gasteiger partial charge in [-0.3, -0.25) is 14.9 Å². The lowest BCUT2D eigenvalue weighted by Gasteiger charge is -2.12. The van der Waals surface area contributed by atoms with Crippen molar-refractivity contribution in [2.24, 2.45) is 5.10 Å². The zero-order valence-electron chi connectivity index (χ0n) is 21.7. The quantitative estimate of drug-likeness (QED) is 0.0972. The van der Waals surface area contributed by atoms with Crippen molar-refractivity contribution >= 4 is 33.8 Å². The molecule has 0 saturated carbocycles.